The number of halogens is 4. The van der Waals surface area contributed by atoms with Gasteiger partial charge in [0.05, 0.1) is 24.0 Å². The van der Waals surface area contributed by atoms with Crippen molar-refractivity contribution < 1.29 is 22.3 Å². The van der Waals surface area contributed by atoms with Crippen LogP contribution in [0.4, 0.5) is 34.6 Å². The van der Waals surface area contributed by atoms with E-state index in [9.17, 15) is 17.6 Å². The minimum Gasteiger partial charge on any atom is -0.495 e. The molecule has 21 heavy (non-hydrogen) atoms. The molecular formula is C14H12F4N2O. The number of nitrogens with one attached hydrogen (secondary N) is 1. The van der Waals surface area contributed by atoms with E-state index in [1.807, 2.05) is 0 Å². The van der Waals surface area contributed by atoms with Crippen molar-refractivity contribution in [3.63, 3.8) is 0 Å². The zero-order chi connectivity index (χ0) is 15.6. The van der Waals surface area contributed by atoms with Crippen LogP contribution in [0.5, 0.6) is 5.75 Å². The van der Waals surface area contributed by atoms with Gasteiger partial charge in [-0.1, -0.05) is 6.07 Å². The molecule has 0 aromatic heterocycles. The SMILES string of the molecule is COc1cccc(Nc2ccc(F)c(C(F)(F)F)c2)c1N. The second kappa shape index (κ2) is 5.51. The van der Waals surface area contributed by atoms with Gasteiger partial charge < -0.3 is 15.8 Å². The van der Waals surface area contributed by atoms with E-state index in [1.54, 1.807) is 18.2 Å². The number of alkyl halides is 3. The first-order chi connectivity index (χ1) is 9.82. The van der Waals surface area contributed by atoms with E-state index >= 15 is 0 Å². The molecule has 2 aromatic rings. The second-order valence-electron chi connectivity index (χ2n) is 4.24. The first-order valence-corrected chi connectivity index (χ1v) is 5.89. The second-order valence-corrected chi connectivity index (χ2v) is 4.24. The Kier molecular flexibility index (Phi) is 3.93. The summed E-state index contributed by atoms with van der Waals surface area (Å²) >= 11 is 0. The number of benzene rings is 2. The van der Waals surface area contributed by atoms with Crippen LogP contribution in [-0.4, -0.2) is 7.11 Å². The lowest BCUT2D eigenvalue weighted by Crippen LogP contribution is -2.09. The highest BCUT2D eigenvalue weighted by Gasteiger charge is 2.34. The Hall–Kier alpha value is -2.44. The molecule has 0 aliphatic rings. The molecule has 0 saturated heterocycles. The topological polar surface area (TPSA) is 47.3 Å². The van der Waals surface area contributed by atoms with Gasteiger partial charge in [-0.2, -0.15) is 13.2 Å². The molecule has 112 valence electrons. The first kappa shape index (κ1) is 15.0. The van der Waals surface area contributed by atoms with Crippen LogP contribution >= 0.6 is 0 Å². The van der Waals surface area contributed by atoms with Crippen molar-refractivity contribution in [3.05, 3.63) is 47.8 Å². The molecule has 0 amide bonds. The molecule has 3 nitrogen and oxygen atoms in total. The van der Waals surface area contributed by atoms with Crippen molar-refractivity contribution in [2.75, 3.05) is 18.2 Å². The fourth-order valence-electron chi connectivity index (χ4n) is 1.81. The molecule has 3 N–H and O–H groups in total. The summed E-state index contributed by atoms with van der Waals surface area (Å²) in [4.78, 5) is 0. The van der Waals surface area contributed by atoms with Crippen molar-refractivity contribution in [1.29, 1.82) is 0 Å². The lowest BCUT2D eigenvalue weighted by molar-refractivity contribution is -0.139. The predicted octanol–water partition coefficient (Wildman–Crippen LogP) is 4.18. The monoisotopic (exact) mass is 300 g/mol. The van der Waals surface area contributed by atoms with Crippen LogP contribution in [0.1, 0.15) is 5.56 Å². The van der Waals surface area contributed by atoms with E-state index in [1.165, 1.54) is 13.2 Å². The van der Waals surface area contributed by atoms with E-state index in [-0.39, 0.29) is 11.4 Å². The summed E-state index contributed by atoms with van der Waals surface area (Å²) in [5, 5.41) is 2.71. The molecule has 7 heteroatoms. The standard InChI is InChI=1S/C14H12F4N2O/c1-21-12-4-2-3-11(13(12)19)20-8-5-6-10(15)9(7-8)14(16,17)18/h2-7,20H,19H2,1H3. The lowest BCUT2D eigenvalue weighted by Gasteiger charge is -2.14. The Bertz CT molecular complexity index is 656. The van der Waals surface area contributed by atoms with Gasteiger partial charge >= 0.3 is 6.18 Å². The average Bonchev–Trinajstić information content (AvgIpc) is 2.42. The normalized spacial score (nSPS) is 11.3. The summed E-state index contributed by atoms with van der Waals surface area (Å²) in [6, 6.07) is 7.46. The van der Waals surface area contributed by atoms with Gasteiger partial charge in [-0.05, 0) is 30.3 Å². The predicted molar refractivity (Wildman–Crippen MR) is 72.1 cm³/mol. The van der Waals surface area contributed by atoms with Crippen LogP contribution < -0.4 is 15.8 Å². The van der Waals surface area contributed by atoms with Crippen molar-refractivity contribution in [1.82, 2.24) is 0 Å². The summed E-state index contributed by atoms with van der Waals surface area (Å²) in [5.41, 5.74) is 5.16. The summed E-state index contributed by atoms with van der Waals surface area (Å²) in [6.07, 6.45) is -4.76. The third kappa shape index (κ3) is 3.18. The minimum atomic E-state index is -4.76. The van der Waals surface area contributed by atoms with Gasteiger partial charge in [0.15, 0.2) is 0 Å². The number of para-hydroxylation sites is 1. The highest BCUT2D eigenvalue weighted by molar-refractivity contribution is 5.77. The summed E-state index contributed by atoms with van der Waals surface area (Å²) in [7, 11) is 1.43. The number of nitrogens with two attached hydrogens (primary N) is 1. The van der Waals surface area contributed by atoms with E-state index in [0.717, 1.165) is 6.07 Å². The van der Waals surface area contributed by atoms with Gasteiger partial charge in [-0.15, -0.1) is 0 Å². The zero-order valence-corrected chi connectivity index (χ0v) is 11.0. The Balaban J connectivity index is 2.37. The summed E-state index contributed by atoms with van der Waals surface area (Å²) in [5.74, 6) is -0.940. The summed E-state index contributed by atoms with van der Waals surface area (Å²) < 4.78 is 56.2. The average molecular weight is 300 g/mol. The third-order valence-corrected chi connectivity index (χ3v) is 2.84. The molecule has 2 aromatic carbocycles. The molecule has 0 atom stereocenters. The van der Waals surface area contributed by atoms with E-state index < -0.39 is 17.6 Å². The molecule has 0 heterocycles. The van der Waals surface area contributed by atoms with Crippen LogP contribution in [0.2, 0.25) is 0 Å². The highest BCUT2D eigenvalue weighted by Crippen LogP contribution is 2.35. The Morgan fingerprint density at radius 1 is 1.14 bits per heavy atom. The number of methoxy groups -OCH3 is 1. The summed E-state index contributed by atoms with van der Waals surface area (Å²) in [6.45, 7) is 0. The third-order valence-electron chi connectivity index (χ3n) is 2.84. The van der Waals surface area contributed by atoms with Gasteiger partial charge in [0, 0.05) is 5.69 Å². The molecule has 0 spiro atoms. The maximum absolute atomic E-state index is 13.2. The molecule has 0 bridgehead atoms. The Labute approximate surface area is 118 Å². The molecule has 0 aliphatic carbocycles. The van der Waals surface area contributed by atoms with Crippen molar-refractivity contribution >= 4 is 17.1 Å². The number of hydrogen-bond acceptors (Lipinski definition) is 3. The van der Waals surface area contributed by atoms with Gasteiger partial charge in [-0.25, -0.2) is 4.39 Å². The van der Waals surface area contributed by atoms with E-state index in [4.69, 9.17) is 10.5 Å². The zero-order valence-electron chi connectivity index (χ0n) is 11.0. The van der Waals surface area contributed by atoms with Crippen molar-refractivity contribution in [3.8, 4) is 5.75 Å². The van der Waals surface area contributed by atoms with Crippen molar-refractivity contribution in [2.24, 2.45) is 0 Å². The van der Waals surface area contributed by atoms with Gasteiger partial charge in [0.1, 0.15) is 11.6 Å². The first-order valence-electron chi connectivity index (χ1n) is 5.89. The molecule has 0 fully saturated rings. The number of rotatable bonds is 3. The van der Waals surface area contributed by atoms with Gasteiger partial charge in [0.2, 0.25) is 0 Å². The smallest absolute Gasteiger partial charge is 0.419 e. The molecule has 2 rings (SSSR count). The highest BCUT2D eigenvalue weighted by atomic mass is 19.4. The molecule has 0 unspecified atom stereocenters. The van der Waals surface area contributed by atoms with E-state index in [2.05, 4.69) is 5.32 Å². The molecule has 0 radical (unpaired) electrons. The number of ether oxygens (including phenoxy) is 1. The number of anilines is 3. The Morgan fingerprint density at radius 3 is 2.48 bits per heavy atom. The fourth-order valence-corrected chi connectivity index (χ4v) is 1.81. The molecular weight excluding hydrogens is 288 g/mol. The van der Waals surface area contributed by atoms with Crippen molar-refractivity contribution in [2.45, 2.75) is 6.18 Å². The quantitative estimate of drug-likeness (QED) is 0.660. The van der Waals surface area contributed by atoms with E-state index in [0.29, 0.717) is 17.5 Å². The number of nitrogen functional groups attached to an aromatic ring is 1. The fraction of sp³-hybridized carbons (Fsp3) is 0.143. The number of hydrogen-bond donors (Lipinski definition) is 2. The van der Waals surface area contributed by atoms with Crippen LogP contribution in [0.3, 0.4) is 0 Å². The van der Waals surface area contributed by atoms with Gasteiger partial charge in [0.25, 0.3) is 0 Å². The largest absolute Gasteiger partial charge is 0.495 e. The molecule has 0 aliphatic heterocycles. The minimum absolute atomic E-state index is 0.0729. The van der Waals surface area contributed by atoms with Crippen LogP contribution in [0.25, 0.3) is 0 Å². The molecule has 0 saturated carbocycles. The van der Waals surface area contributed by atoms with Crippen LogP contribution in [-0.2, 0) is 6.18 Å². The maximum atomic E-state index is 13.2. The Morgan fingerprint density at radius 2 is 1.86 bits per heavy atom. The van der Waals surface area contributed by atoms with Gasteiger partial charge in [-0.3, -0.25) is 0 Å². The maximum Gasteiger partial charge on any atom is 0.419 e. The van der Waals surface area contributed by atoms with Crippen LogP contribution in [0, 0.1) is 5.82 Å². The lowest BCUT2D eigenvalue weighted by atomic mass is 10.1. The van der Waals surface area contributed by atoms with Crippen LogP contribution in [0.15, 0.2) is 36.4 Å².